The van der Waals surface area contributed by atoms with Gasteiger partial charge in [-0.1, -0.05) is 52.0 Å². The molecule has 1 atom stereocenters. The first-order valence-electron chi connectivity index (χ1n) is 9.70. The van der Waals surface area contributed by atoms with Gasteiger partial charge in [-0.2, -0.15) is 0 Å². The van der Waals surface area contributed by atoms with E-state index >= 15 is 0 Å². The van der Waals surface area contributed by atoms with E-state index in [-0.39, 0.29) is 23.9 Å². The number of rotatable bonds is 5. The highest BCUT2D eigenvalue weighted by atomic mass is 16.2. The largest absolute Gasteiger partial charge is 0.359 e. The second-order valence-corrected chi connectivity index (χ2v) is 7.87. The van der Waals surface area contributed by atoms with E-state index in [9.17, 15) is 9.59 Å². The van der Waals surface area contributed by atoms with E-state index in [0.29, 0.717) is 24.9 Å². The molecule has 1 heterocycles. The molecule has 0 unspecified atom stereocenters. The van der Waals surface area contributed by atoms with Crippen LogP contribution in [0.25, 0.3) is 0 Å². The van der Waals surface area contributed by atoms with Gasteiger partial charge < -0.3 is 15.5 Å². The minimum absolute atomic E-state index is 0.0135. The van der Waals surface area contributed by atoms with Crippen LogP contribution in [0, 0.1) is 11.8 Å². The Morgan fingerprint density at radius 1 is 1.00 bits per heavy atom. The molecule has 5 nitrogen and oxygen atoms in total. The molecule has 2 N–H and O–H groups in total. The first-order chi connectivity index (χ1) is 12.3. The number of benzene rings is 1. The van der Waals surface area contributed by atoms with E-state index in [1.807, 2.05) is 4.90 Å². The van der Waals surface area contributed by atoms with Crippen molar-refractivity contribution in [3.63, 3.8) is 0 Å². The molecule has 1 fully saturated rings. The maximum atomic E-state index is 12.7. The predicted octanol–water partition coefficient (Wildman–Crippen LogP) is 3.67. The van der Waals surface area contributed by atoms with Crippen LogP contribution in [0.5, 0.6) is 0 Å². The lowest BCUT2D eigenvalue weighted by atomic mass is 9.93. The van der Waals surface area contributed by atoms with Crippen LogP contribution in [-0.2, 0) is 4.79 Å². The van der Waals surface area contributed by atoms with Gasteiger partial charge in [0.2, 0.25) is 5.91 Å². The number of piperidine rings is 1. The summed E-state index contributed by atoms with van der Waals surface area (Å²) in [5.41, 5.74) is 2.44. The minimum Gasteiger partial charge on any atom is -0.359 e. The highest BCUT2D eigenvalue weighted by molar-refractivity contribution is 5.79. The third kappa shape index (κ3) is 4.99. The molecule has 144 valence electrons. The summed E-state index contributed by atoms with van der Waals surface area (Å²) in [6, 6.07) is 8.50. The zero-order valence-corrected chi connectivity index (χ0v) is 16.7. The molecule has 1 aliphatic heterocycles. The summed E-state index contributed by atoms with van der Waals surface area (Å²) in [7, 11) is 1.67. The molecule has 0 bridgehead atoms. The van der Waals surface area contributed by atoms with Gasteiger partial charge in [0.1, 0.15) is 0 Å². The van der Waals surface area contributed by atoms with E-state index in [0.717, 1.165) is 18.4 Å². The Labute approximate surface area is 157 Å². The Balaban J connectivity index is 1.99. The normalized spacial score (nSPS) is 16.7. The fourth-order valence-electron chi connectivity index (χ4n) is 3.50. The molecule has 0 spiro atoms. The molecule has 1 aromatic carbocycles. The fraction of sp³-hybridized carbons (Fsp3) is 0.619. The number of carbonyl (C=O) groups is 2. The first-order valence-corrected chi connectivity index (χ1v) is 9.70. The number of urea groups is 1. The summed E-state index contributed by atoms with van der Waals surface area (Å²) in [6.45, 7) is 9.86. The van der Waals surface area contributed by atoms with Crippen molar-refractivity contribution >= 4 is 11.9 Å². The van der Waals surface area contributed by atoms with Crippen LogP contribution in [0.4, 0.5) is 4.79 Å². The molecule has 5 heteroatoms. The molecule has 3 amide bonds. The van der Waals surface area contributed by atoms with E-state index in [2.05, 4.69) is 62.6 Å². The van der Waals surface area contributed by atoms with Gasteiger partial charge in [0.25, 0.3) is 0 Å². The summed E-state index contributed by atoms with van der Waals surface area (Å²) in [4.78, 5) is 26.3. The van der Waals surface area contributed by atoms with Crippen LogP contribution >= 0.6 is 0 Å². The van der Waals surface area contributed by atoms with E-state index < -0.39 is 0 Å². The van der Waals surface area contributed by atoms with Crippen molar-refractivity contribution in [2.75, 3.05) is 20.1 Å². The number of hydrogen-bond acceptors (Lipinski definition) is 2. The summed E-state index contributed by atoms with van der Waals surface area (Å²) in [5.74, 6) is 0.897. The van der Waals surface area contributed by atoms with Crippen molar-refractivity contribution in [1.82, 2.24) is 15.5 Å². The number of amides is 3. The highest BCUT2D eigenvalue weighted by Crippen LogP contribution is 2.25. The molecule has 0 radical (unpaired) electrons. The van der Waals surface area contributed by atoms with Gasteiger partial charge >= 0.3 is 6.03 Å². The van der Waals surface area contributed by atoms with Crippen molar-refractivity contribution in [2.24, 2.45) is 11.8 Å². The van der Waals surface area contributed by atoms with Gasteiger partial charge in [0.15, 0.2) is 0 Å². The van der Waals surface area contributed by atoms with Crippen LogP contribution in [0.2, 0.25) is 0 Å². The molecule has 26 heavy (non-hydrogen) atoms. The maximum absolute atomic E-state index is 12.7. The standard InChI is InChI=1S/C21H33N3O2/c1-14(2)16-6-8-17(9-7-16)19(15(3)4)23-21(26)24-12-10-18(11-13-24)20(25)22-5/h6-9,14-15,18-19H,10-13H2,1-5H3,(H,22,25)(H,23,26)/t19-/m0/s1. The fourth-order valence-corrected chi connectivity index (χ4v) is 3.50. The lowest BCUT2D eigenvalue weighted by molar-refractivity contribution is -0.125. The smallest absolute Gasteiger partial charge is 0.317 e. The van der Waals surface area contributed by atoms with E-state index in [4.69, 9.17) is 0 Å². The topological polar surface area (TPSA) is 61.4 Å². The number of nitrogens with zero attached hydrogens (tertiary/aromatic N) is 1. The second-order valence-electron chi connectivity index (χ2n) is 7.87. The molecule has 2 rings (SSSR count). The average molecular weight is 360 g/mol. The summed E-state index contributed by atoms with van der Waals surface area (Å²) >= 11 is 0. The van der Waals surface area contributed by atoms with Crippen LogP contribution in [0.15, 0.2) is 24.3 Å². The molecule has 0 saturated carbocycles. The number of carbonyl (C=O) groups excluding carboxylic acids is 2. The van der Waals surface area contributed by atoms with Crippen molar-refractivity contribution in [1.29, 1.82) is 0 Å². The van der Waals surface area contributed by atoms with Crippen molar-refractivity contribution < 1.29 is 9.59 Å². The van der Waals surface area contributed by atoms with Crippen LogP contribution in [0.3, 0.4) is 0 Å². The van der Waals surface area contributed by atoms with Gasteiger partial charge in [-0.3, -0.25) is 4.79 Å². The Morgan fingerprint density at radius 3 is 2.00 bits per heavy atom. The third-order valence-electron chi connectivity index (χ3n) is 5.31. The lowest BCUT2D eigenvalue weighted by Crippen LogP contribution is -2.48. The summed E-state index contributed by atoms with van der Waals surface area (Å²) in [5, 5.41) is 5.90. The van der Waals surface area contributed by atoms with Crippen LogP contribution < -0.4 is 10.6 Å². The van der Waals surface area contributed by atoms with Crippen molar-refractivity contribution in [3.05, 3.63) is 35.4 Å². The van der Waals surface area contributed by atoms with E-state index in [1.165, 1.54) is 5.56 Å². The highest BCUT2D eigenvalue weighted by Gasteiger charge is 2.28. The molecular formula is C21H33N3O2. The Bertz CT molecular complexity index is 602. The minimum atomic E-state index is -0.0352. The average Bonchev–Trinajstić information content (AvgIpc) is 2.65. The zero-order chi connectivity index (χ0) is 19.3. The quantitative estimate of drug-likeness (QED) is 0.842. The molecule has 1 saturated heterocycles. The number of hydrogen-bond donors (Lipinski definition) is 2. The van der Waals surface area contributed by atoms with Gasteiger partial charge in [-0.05, 0) is 35.8 Å². The Morgan fingerprint density at radius 2 is 1.54 bits per heavy atom. The predicted molar refractivity (Wildman–Crippen MR) is 105 cm³/mol. The van der Waals surface area contributed by atoms with Crippen LogP contribution in [-0.4, -0.2) is 37.0 Å². The number of likely N-dealkylation sites (tertiary alicyclic amines) is 1. The molecular weight excluding hydrogens is 326 g/mol. The lowest BCUT2D eigenvalue weighted by Gasteiger charge is -2.33. The Kier molecular flexibility index (Phi) is 7.06. The van der Waals surface area contributed by atoms with E-state index in [1.54, 1.807) is 7.05 Å². The van der Waals surface area contributed by atoms with Gasteiger partial charge in [0, 0.05) is 26.1 Å². The second kappa shape index (κ2) is 9.06. The summed E-state index contributed by atoms with van der Waals surface area (Å²) < 4.78 is 0. The van der Waals surface area contributed by atoms with Crippen molar-refractivity contribution in [2.45, 2.75) is 52.5 Å². The maximum Gasteiger partial charge on any atom is 0.317 e. The number of nitrogens with one attached hydrogen (secondary N) is 2. The van der Waals surface area contributed by atoms with Crippen molar-refractivity contribution in [3.8, 4) is 0 Å². The first kappa shape index (κ1) is 20.3. The third-order valence-corrected chi connectivity index (χ3v) is 5.31. The van der Waals surface area contributed by atoms with Crippen LogP contribution in [0.1, 0.15) is 63.6 Å². The SMILES string of the molecule is CNC(=O)C1CCN(C(=O)N[C@H](c2ccc(C(C)C)cc2)C(C)C)CC1. The molecule has 0 aromatic heterocycles. The molecule has 1 aromatic rings. The molecule has 1 aliphatic rings. The van der Waals surface area contributed by atoms with Gasteiger partial charge in [-0.25, -0.2) is 4.79 Å². The molecule has 0 aliphatic carbocycles. The summed E-state index contributed by atoms with van der Waals surface area (Å²) in [6.07, 6.45) is 1.45. The monoisotopic (exact) mass is 359 g/mol. The Hall–Kier alpha value is -2.04. The van der Waals surface area contributed by atoms with Gasteiger partial charge in [-0.15, -0.1) is 0 Å². The zero-order valence-electron chi connectivity index (χ0n) is 16.7. The van der Waals surface area contributed by atoms with Gasteiger partial charge in [0.05, 0.1) is 6.04 Å².